The number of nitrogens with one attached hydrogen (secondary N) is 1. The first kappa shape index (κ1) is 14.7. The van der Waals surface area contributed by atoms with E-state index in [0.717, 1.165) is 26.2 Å². The Morgan fingerprint density at radius 1 is 1.55 bits per heavy atom. The molecule has 0 spiro atoms. The minimum atomic E-state index is -0.360. The van der Waals surface area contributed by atoms with Crippen molar-refractivity contribution in [2.75, 3.05) is 44.3 Å². The minimum absolute atomic E-state index is 0.360. The van der Waals surface area contributed by atoms with E-state index in [9.17, 15) is 4.79 Å². The van der Waals surface area contributed by atoms with Crippen LogP contribution in [0, 0.1) is 5.92 Å². The predicted octanol–water partition coefficient (Wildman–Crippen LogP) is 1.81. The second-order valence-electron chi connectivity index (χ2n) is 5.19. The average molecular weight is 277 g/mol. The lowest BCUT2D eigenvalue weighted by Gasteiger charge is -2.17. The monoisotopic (exact) mass is 277 g/mol. The summed E-state index contributed by atoms with van der Waals surface area (Å²) in [6, 6.07) is 5.29. The van der Waals surface area contributed by atoms with Crippen LogP contribution in [0.2, 0.25) is 0 Å². The highest BCUT2D eigenvalue weighted by Crippen LogP contribution is 2.25. The SMILES string of the molecule is CCN1CCC(CNc2c(N)cccc2C(=O)OC)C1. The number of rotatable bonds is 5. The Bertz CT molecular complexity index is 476. The number of esters is 1. The summed E-state index contributed by atoms with van der Waals surface area (Å²) < 4.78 is 4.80. The van der Waals surface area contributed by atoms with Crippen molar-refractivity contribution < 1.29 is 9.53 Å². The third-order valence-electron chi connectivity index (χ3n) is 3.89. The Balaban J connectivity index is 2.04. The van der Waals surface area contributed by atoms with E-state index in [4.69, 9.17) is 10.5 Å². The molecule has 1 fully saturated rings. The quantitative estimate of drug-likeness (QED) is 0.634. The predicted molar refractivity (Wildman–Crippen MR) is 80.9 cm³/mol. The van der Waals surface area contributed by atoms with Crippen LogP contribution in [-0.4, -0.2) is 44.2 Å². The normalized spacial score (nSPS) is 19.0. The molecule has 5 heteroatoms. The fourth-order valence-corrected chi connectivity index (χ4v) is 2.66. The molecule has 1 heterocycles. The van der Waals surface area contributed by atoms with Crippen molar-refractivity contribution in [3.63, 3.8) is 0 Å². The topological polar surface area (TPSA) is 67.6 Å². The van der Waals surface area contributed by atoms with Gasteiger partial charge in [-0.15, -0.1) is 0 Å². The molecule has 1 aliphatic heterocycles. The molecule has 3 N–H and O–H groups in total. The van der Waals surface area contributed by atoms with Gasteiger partial charge in [-0.1, -0.05) is 13.0 Å². The summed E-state index contributed by atoms with van der Waals surface area (Å²) in [6.07, 6.45) is 1.18. The van der Waals surface area contributed by atoms with E-state index in [1.54, 1.807) is 18.2 Å². The molecule has 1 aromatic rings. The van der Waals surface area contributed by atoms with Crippen LogP contribution in [0.3, 0.4) is 0 Å². The lowest BCUT2D eigenvalue weighted by Crippen LogP contribution is -2.23. The second-order valence-corrected chi connectivity index (χ2v) is 5.19. The van der Waals surface area contributed by atoms with Gasteiger partial charge in [0.1, 0.15) is 0 Å². The number of ether oxygens (including phenoxy) is 1. The number of carbonyl (C=O) groups is 1. The number of likely N-dealkylation sites (tertiary alicyclic amines) is 1. The third kappa shape index (κ3) is 3.22. The molecule has 0 bridgehead atoms. The highest BCUT2D eigenvalue weighted by molar-refractivity contribution is 5.98. The molecular weight excluding hydrogens is 254 g/mol. The van der Waals surface area contributed by atoms with E-state index in [1.165, 1.54) is 13.5 Å². The van der Waals surface area contributed by atoms with Crippen LogP contribution in [-0.2, 0) is 4.74 Å². The molecule has 0 aliphatic carbocycles. The maximum absolute atomic E-state index is 11.8. The van der Waals surface area contributed by atoms with Gasteiger partial charge in [0.25, 0.3) is 0 Å². The molecule has 1 unspecified atom stereocenters. The molecule has 110 valence electrons. The summed E-state index contributed by atoms with van der Waals surface area (Å²) in [5.41, 5.74) is 7.74. The van der Waals surface area contributed by atoms with Gasteiger partial charge in [-0.2, -0.15) is 0 Å². The van der Waals surface area contributed by atoms with Gasteiger partial charge in [0.2, 0.25) is 0 Å². The standard InChI is InChI=1S/C15H23N3O2/c1-3-18-8-7-11(10-18)9-17-14-12(15(19)20-2)5-4-6-13(14)16/h4-6,11,17H,3,7-10,16H2,1-2H3. The first-order chi connectivity index (χ1) is 9.65. The molecule has 20 heavy (non-hydrogen) atoms. The van der Waals surface area contributed by atoms with E-state index in [0.29, 0.717) is 22.9 Å². The summed E-state index contributed by atoms with van der Waals surface area (Å²) in [5, 5.41) is 3.33. The number of hydrogen-bond acceptors (Lipinski definition) is 5. The smallest absolute Gasteiger partial charge is 0.340 e. The van der Waals surface area contributed by atoms with Gasteiger partial charge in [0.15, 0.2) is 0 Å². The summed E-state index contributed by atoms with van der Waals surface area (Å²) in [4.78, 5) is 14.2. The van der Waals surface area contributed by atoms with Gasteiger partial charge in [-0.25, -0.2) is 4.79 Å². The van der Waals surface area contributed by atoms with Crippen molar-refractivity contribution in [1.82, 2.24) is 4.90 Å². The first-order valence-electron chi connectivity index (χ1n) is 7.08. The van der Waals surface area contributed by atoms with Crippen molar-refractivity contribution >= 4 is 17.3 Å². The van der Waals surface area contributed by atoms with E-state index in [-0.39, 0.29) is 5.97 Å². The Labute approximate surface area is 120 Å². The second kappa shape index (κ2) is 6.61. The van der Waals surface area contributed by atoms with Crippen LogP contribution < -0.4 is 11.1 Å². The number of methoxy groups -OCH3 is 1. The molecule has 5 nitrogen and oxygen atoms in total. The molecule has 0 saturated carbocycles. The number of para-hydroxylation sites is 1. The number of benzene rings is 1. The molecule has 1 aromatic carbocycles. The number of hydrogen-bond donors (Lipinski definition) is 2. The van der Waals surface area contributed by atoms with Gasteiger partial charge in [0.05, 0.1) is 24.0 Å². The van der Waals surface area contributed by atoms with Gasteiger partial charge in [-0.05, 0) is 37.6 Å². The number of carbonyl (C=O) groups excluding carboxylic acids is 1. The van der Waals surface area contributed by atoms with Crippen molar-refractivity contribution in [1.29, 1.82) is 0 Å². The van der Waals surface area contributed by atoms with Gasteiger partial charge >= 0.3 is 5.97 Å². The Kier molecular flexibility index (Phi) is 4.84. The van der Waals surface area contributed by atoms with Crippen LogP contribution in [0.1, 0.15) is 23.7 Å². The Hall–Kier alpha value is -1.75. The lowest BCUT2D eigenvalue weighted by molar-refractivity contribution is 0.0602. The number of nitrogen functional groups attached to an aromatic ring is 1. The molecule has 1 saturated heterocycles. The van der Waals surface area contributed by atoms with Crippen molar-refractivity contribution in [3.8, 4) is 0 Å². The molecule has 0 aromatic heterocycles. The first-order valence-corrected chi connectivity index (χ1v) is 7.08. The zero-order chi connectivity index (χ0) is 14.5. The maximum atomic E-state index is 11.8. The molecule has 1 aliphatic rings. The van der Waals surface area contributed by atoms with Crippen LogP contribution in [0.25, 0.3) is 0 Å². The summed E-state index contributed by atoms with van der Waals surface area (Å²) in [5.74, 6) is 0.237. The van der Waals surface area contributed by atoms with Crippen molar-refractivity contribution in [2.24, 2.45) is 5.92 Å². The minimum Gasteiger partial charge on any atom is -0.465 e. The zero-order valence-corrected chi connectivity index (χ0v) is 12.2. The van der Waals surface area contributed by atoms with Gasteiger partial charge in [-0.3, -0.25) is 0 Å². The van der Waals surface area contributed by atoms with Crippen molar-refractivity contribution in [2.45, 2.75) is 13.3 Å². The molecule has 0 radical (unpaired) electrons. The summed E-state index contributed by atoms with van der Waals surface area (Å²) in [7, 11) is 1.38. The highest BCUT2D eigenvalue weighted by atomic mass is 16.5. The number of anilines is 2. The van der Waals surface area contributed by atoms with Crippen LogP contribution in [0.15, 0.2) is 18.2 Å². The summed E-state index contributed by atoms with van der Waals surface area (Å²) >= 11 is 0. The van der Waals surface area contributed by atoms with Gasteiger partial charge in [0, 0.05) is 13.1 Å². The Morgan fingerprint density at radius 3 is 3.00 bits per heavy atom. The maximum Gasteiger partial charge on any atom is 0.340 e. The third-order valence-corrected chi connectivity index (χ3v) is 3.89. The van der Waals surface area contributed by atoms with E-state index in [2.05, 4.69) is 17.1 Å². The fourth-order valence-electron chi connectivity index (χ4n) is 2.66. The molecule has 2 rings (SSSR count). The van der Waals surface area contributed by atoms with E-state index < -0.39 is 0 Å². The summed E-state index contributed by atoms with van der Waals surface area (Å²) in [6.45, 7) is 6.35. The number of nitrogens with two attached hydrogens (primary N) is 1. The van der Waals surface area contributed by atoms with E-state index in [1.807, 2.05) is 0 Å². The number of nitrogens with zero attached hydrogens (tertiary/aromatic N) is 1. The molecule has 1 atom stereocenters. The largest absolute Gasteiger partial charge is 0.465 e. The zero-order valence-electron chi connectivity index (χ0n) is 12.2. The fraction of sp³-hybridized carbons (Fsp3) is 0.533. The van der Waals surface area contributed by atoms with Crippen LogP contribution in [0.4, 0.5) is 11.4 Å². The average Bonchev–Trinajstić information content (AvgIpc) is 2.93. The van der Waals surface area contributed by atoms with Gasteiger partial charge < -0.3 is 20.7 Å². The molecular formula is C15H23N3O2. The van der Waals surface area contributed by atoms with Crippen molar-refractivity contribution in [3.05, 3.63) is 23.8 Å². The molecule has 0 amide bonds. The Morgan fingerprint density at radius 2 is 2.35 bits per heavy atom. The van der Waals surface area contributed by atoms with E-state index >= 15 is 0 Å². The van der Waals surface area contributed by atoms with Crippen LogP contribution in [0.5, 0.6) is 0 Å². The van der Waals surface area contributed by atoms with Crippen LogP contribution >= 0.6 is 0 Å². The lowest BCUT2D eigenvalue weighted by atomic mass is 10.1. The highest BCUT2D eigenvalue weighted by Gasteiger charge is 2.22.